The first-order valence-electron chi connectivity index (χ1n) is 9.81. The number of likely N-dealkylation sites (tertiary alicyclic amines) is 2. The molecular formula is C20H29N3O2. The van der Waals surface area contributed by atoms with Gasteiger partial charge >= 0.3 is 6.03 Å². The number of fused-ring (bicyclic) bond motifs is 1. The van der Waals surface area contributed by atoms with Crippen molar-refractivity contribution >= 4 is 6.03 Å². The highest BCUT2D eigenvalue weighted by Crippen LogP contribution is 2.26. The van der Waals surface area contributed by atoms with Crippen LogP contribution < -0.4 is 10.1 Å². The lowest BCUT2D eigenvalue weighted by Gasteiger charge is -2.37. The van der Waals surface area contributed by atoms with Crippen molar-refractivity contribution in [3.63, 3.8) is 0 Å². The molecule has 4 rings (SSSR count). The maximum Gasteiger partial charge on any atom is 0.317 e. The van der Waals surface area contributed by atoms with Crippen molar-refractivity contribution in [3.8, 4) is 5.75 Å². The fourth-order valence-corrected chi connectivity index (χ4v) is 4.36. The lowest BCUT2D eigenvalue weighted by atomic mass is 10.0. The summed E-state index contributed by atoms with van der Waals surface area (Å²) in [7, 11) is 0. The third kappa shape index (κ3) is 3.92. The van der Waals surface area contributed by atoms with Crippen molar-refractivity contribution < 1.29 is 9.53 Å². The third-order valence-electron chi connectivity index (χ3n) is 5.78. The number of hydrogen-bond donors (Lipinski definition) is 1. The number of rotatable bonds is 4. The Hall–Kier alpha value is -1.75. The molecular weight excluding hydrogens is 314 g/mol. The fourth-order valence-electron chi connectivity index (χ4n) is 4.36. The van der Waals surface area contributed by atoms with Crippen LogP contribution in [0.3, 0.4) is 0 Å². The first kappa shape index (κ1) is 16.7. The summed E-state index contributed by atoms with van der Waals surface area (Å²) in [5.41, 5.74) is 2.58. The Balaban J connectivity index is 1.24. The van der Waals surface area contributed by atoms with Crippen LogP contribution in [0, 0.1) is 0 Å². The Morgan fingerprint density at radius 2 is 2.08 bits per heavy atom. The van der Waals surface area contributed by atoms with Crippen molar-refractivity contribution in [2.24, 2.45) is 0 Å². The van der Waals surface area contributed by atoms with E-state index in [2.05, 4.69) is 28.4 Å². The molecule has 1 unspecified atom stereocenters. The van der Waals surface area contributed by atoms with Gasteiger partial charge in [-0.3, -0.25) is 4.90 Å². The Labute approximate surface area is 150 Å². The summed E-state index contributed by atoms with van der Waals surface area (Å²) in [6.45, 7) is 5.70. The summed E-state index contributed by atoms with van der Waals surface area (Å²) in [6, 6.07) is 7.07. The number of benzene rings is 1. The molecule has 0 aromatic heterocycles. The molecule has 0 spiro atoms. The van der Waals surface area contributed by atoms with Crippen LogP contribution in [-0.2, 0) is 12.8 Å². The maximum atomic E-state index is 12.5. The summed E-state index contributed by atoms with van der Waals surface area (Å²) in [6.07, 6.45) is 6.87. The molecule has 1 N–H and O–H groups in total. The van der Waals surface area contributed by atoms with Gasteiger partial charge < -0.3 is 15.0 Å². The minimum Gasteiger partial charge on any atom is -0.493 e. The molecule has 3 heterocycles. The minimum absolute atomic E-state index is 0.105. The molecule has 5 heteroatoms. The Morgan fingerprint density at radius 3 is 2.96 bits per heavy atom. The number of piperidine rings is 1. The summed E-state index contributed by atoms with van der Waals surface area (Å²) >= 11 is 0. The van der Waals surface area contributed by atoms with E-state index in [0.717, 1.165) is 44.7 Å². The van der Waals surface area contributed by atoms with Crippen LogP contribution in [0.2, 0.25) is 0 Å². The summed E-state index contributed by atoms with van der Waals surface area (Å²) in [5, 5.41) is 3.12. The quantitative estimate of drug-likeness (QED) is 0.913. The highest BCUT2D eigenvalue weighted by Gasteiger charge is 2.29. The van der Waals surface area contributed by atoms with E-state index in [4.69, 9.17) is 4.74 Å². The zero-order chi connectivity index (χ0) is 17.1. The summed E-state index contributed by atoms with van der Waals surface area (Å²) < 4.78 is 5.55. The molecule has 2 fully saturated rings. The number of urea groups is 1. The molecule has 136 valence electrons. The van der Waals surface area contributed by atoms with Gasteiger partial charge in [-0.25, -0.2) is 4.79 Å². The van der Waals surface area contributed by atoms with Crippen LogP contribution in [-0.4, -0.2) is 61.2 Å². The molecule has 2 saturated heterocycles. The van der Waals surface area contributed by atoms with Gasteiger partial charge in [0, 0.05) is 32.1 Å². The lowest BCUT2D eigenvalue weighted by Crippen LogP contribution is -2.52. The molecule has 5 nitrogen and oxygen atoms in total. The number of nitrogens with zero attached hydrogens (tertiary/aromatic N) is 2. The van der Waals surface area contributed by atoms with Crippen molar-refractivity contribution in [1.82, 2.24) is 15.1 Å². The normalized spacial score (nSPS) is 23.4. The molecule has 25 heavy (non-hydrogen) atoms. The summed E-state index contributed by atoms with van der Waals surface area (Å²) in [5.74, 6) is 1.02. The van der Waals surface area contributed by atoms with Crippen LogP contribution >= 0.6 is 0 Å². The van der Waals surface area contributed by atoms with Gasteiger partial charge in [-0.15, -0.1) is 0 Å². The average Bonchev–Trinajstić information content (AvgIpc) is 3.33. The van der Waals surface area contributed by atoms with E-state index in [1.165, 1.54) is 43.5 Å². The van der Waals surface area contributed by atoms with Crippen molar-refractivity contribution in [2.75, 3.05) is 39.3 Å². The van der Waals surface area contributed by atoms with E-state index in [-0.39, 0.29) is 6.03 Å². The molecule has 3 aliphatic heterocycles. The summed E-state index contributed by atoms with van der Waals surface area (Å²) in [4.78, 5) is 17.1. The van der Waals surface area contributed by atoms with E-state index in [1.54, 1.807) is 0 Å². The third-order valence-corrected chi connectivity index (χ3v) is 5.78. The molecule has 0 saturated carbocycles. The fraction of sp³-hybridized carbons (Fsp3) is 0.650. The van der Waals surface area contributed by atoms with Crippen molar-refractivity contribution in [3.05, 3.63) is 29.3 Å². The lowest BCUT2D eigenvalue weighted by molar-refractivity contribution is 0.125. The van der Waals surface area contributed by atoms with Gasteiger partial charge in [0.1, 0.15) is 5.75 Å². The van der Waals surface area contributed by atoms with Crippen LogP contribution in [0.15, 0.2) is 18.2 Å². The SMILES string of the molecule is O=C(NCCc1ccc2c(c1)CCO2)N1CCCC(N2CCCC2)C1. The largest absolute Gasteiger partial charge is 0.493 e. The van der Waals surface area contributed by atoms with Gasteiger partial charge in [0.25, 0.3) is 0 Å². The molecule has 3 aliphatic rings. The molecule has 2 amide bonds. The van der Waals surface area contributed by atoms with E-state index in [1.807, 2.05) is 4.90 Å². The molecule has 1 aromatic carbocycles. The molecule has 0 aliphatic carbocycles. The minimum atomic E-state index is 0.105. The highest BCUT2D eigenvalue weighted by molar-refractivity contribution is 5.74. The van der Waals surface area contributed by atoms with Crippen LogP contribution in [0.5, 0.6) is 5.75 Å². The monoisotopic (exact) mass is 343 g/mol. The average molecular weight is 343 g/mol. The second-order valence-electron chi connectivity index (χ2n) is 7.51. The first-order chi connectivity index (χ1) is 12.3. The smallest absolute Gasteiger partial charge is 0.317 e. The predicted molar refractivity (Wildman–Crippen MR) is 98.1 cm³/mol. The van der Waals surface area contributed by atoms with Gasteiger partial charge in [0.05, 0.1) is 6.61 Å². The van der Waals surface area contributed by atoms with Crippen molar-refractivity contribution in [1.29, 1.82) is 0 Å². The second-order valence-corrected chi connectivity index (χ2v) is 7.51. The van der Waals surface area contributed by atoms with E-state index in [0.29, 0.717) is 12.6 Å². The Kier molecular flexibility index (Phi) is 5.11. The van der Waals surface area contributed by atoms with Crippen LogP contribution in [0.4, 0.5) is 4.79 Å². The Morgan fingerprint density at radius 1 is 1.20 bits per heavy atom. The molecule has 1 atom stereocenters. The number of carbonyl (C=O) groups is 1. The number of nitrogens with one attached hydrogen (secondary N) is 1. The van der Waals surface area contributed by atoms with E-state index >= 15 is 0 Å². The van der Waals surface area contributed by atoms with Crippen LogP contribution in [0.1, 0.15) is 36.8 Å². The zero-order valence-electron chi connectivity index (χ0n) is 15.0. The van der Waals surface area contributed by atoms with Gasteiger partial charge in [0.2, 0.25) is 0 Å². The van der Waals surface area contributed by atoms with Crippen molar-refractivity contribution in [2.45, 2.75) is 44.6 Å². The number of carbonyl (C=O) groups excluding carboxylic acids is 1. The number of ether oxygens (including phenoxy) is 1. The standard InChI is InChI=1S/C20H29N3O2/c24-20(23-12-3-4-18(15-23)22-10-1-2-11-22)21-9-7-16-5-6-19-17(14-16)8-13-25-19/h5-6,14,18H,1-4,7-13,15H2,(H,21,24). The van der Waals surface area contributed by atoms with E-state index < -0.39 is 0 Å². The second kappa shape index (κ2) is 7.65. The molecule has 0 bridgehead atoms. The van der Waals surface area contributed by atoms with Gasteiger partial charge in [-0.1, -0.05) is 12.1 Å². The molecule has 1 aromatic rings. The number of hydrogen-bond acceptors (Lipinski definition) is 3. The van der Waals surface area contributed by atoms with Gasteiger partial charge in [0.15, 0.2) is 0 Å². The van der Waals surface area contributed by atoms with Crippen LogP contribution in [0.25, 0.3) is 0 Å². The topological polar surface area (TPSA) is 44.8 Å². The predicted octanol–water partition coefficient (Wildman–Crippen LogP) is 2.43. The van der Waals surface area contributed by atoms with Gasteiger partial charge in [-0.2, -0.15) is 0 Å². The van der Waals surface area contributed by atoms with Gasteiger partial charge in [-0.05, 0) is 62.4 Å². The number of amides is 2. The first-order valence-corrected chi connectivity index (χ1v) is 9.81. The highest BCUT2D eigenvalue weighted by atomic mass is 16.5. The molecule has 0 radical (unpaired) electrons. The van der Waals surface area contributed by atoms with E-state index in [9.17, 15) is 4.79 Å². The zero-order valence-corrected chi connectivity index (χ0v) is 15.0. The Bertz CT molecular complexity index is 613. The maximum absolute atomic E-state index is 12.5.